The molecule has 2 N–H and O–H groups in total. The van der Waals surface area contributed by atoms with E-state index in [2.05, 4.69) is 20.3 Å². The van der Waals surface area contributed by atoms with Crippen molar-refractivity contribution in [2.45, 2.75) is 13.0 Å². The molecule has 102 valence electrons. The van der Waals surface area contributed by atoms with Crippen LogP contribution in [0.1, 0.15) is 18.5 Å². The highest BCUT2D eigenvalue weighted by atomic mass is 35.5. The highest BCUT2D eigenvalue weighted by molar-refractivity contribution is 6.28. The van der Waals surface area contributed by atoms with Crippen molar-refractivity contribution in [2.75, 3.05) is 5.32 Å². The Morgan fingerprint density at radius 3 is 2.75 bits per heavy atom. The lowest BCUT2D eigenvalue weighted by molar-refractivity contribution is 0.639. The predicted molar refractivity (Wildman–Crippen MR) is 77.3 cm³/mol. The molecular formula is C14H12ClFN4. The maximum atomic E-state index is 13.8. The molecule has 2 heterocycles. The number of halogens is 2. The lowest BCUT2D eigenvalue weighted by atomic mass is 10.1. The van der Waals surface area contributed by atoms with E-state index in [0.717, 1.165) is 5.56 Å². The highest BCUT2D eigenvalue weighted by Gasteiger charge is 2.15. The van der Waals surface area contributed by atoms with Crippen LogP contribution < -0.4 is 5.32 Å². The van der Waals surface area contributed by atoms with Gasteiger partial charge in [-0.15, -0.1) is 0 Å². The van der Waals surface area contributed by atoms with E-state index in [1.54, 1.807) is 0 Å². The van der Waals surface area contributed by atoms with Crippen molar-refractivity contribution in [1.82, 2.24) is 15.0 Å². The van der Waals surface area contributed by atoms with Crippen LogP contribution in [0.2, 0.25) is 5.28 Å². The van der Waals surface area contributed by atoms with Gasteiger partial charge in [0, 0.05) is 12.2 Å². The molecule has 0 spiro atoms. The molecule has 20 heavy (non-hydrogen) atoms. The number of hydrogen-bond acceptors (Lipinski definition) is 3. The van der Waals surface area contributed by atoms with Gasteiger partial charge in [0.25, 0.3) is 0 Å². The molecule has 4 nitrogen and oxygen atoms in total. The molecular weight excluding hydrogens is 279 g/mol. The van der Waals surface area contributed by atoms with Gasteiger partial charge in [-0.1, -0.05) is 30.3 Å². The van der Waals surface area contributed by atoms with E-state index >= 15 is 0 Å². The summed E-state index contributed by atoms with van der Waals surface area (Å²) in [6, 6.07) is 9.80. The number of aromatic amines is 1. The van der Waals surface area contributed by atoms with Crippen molar-refractivity contribution >= 4 is 28.5 Å². The van der Waals surface area contributed by atoms with E-state index in [-0.39, 0.29) is 11.3 Å². The number of nitrogens with zero attached hydrogens (tertiary/aromatic N) is 2. The van der Waals surface area contributed by atoms with Crippen LogP contribution in [0, 0.1) is 5.82 Å². The molecule has 0 aliphatic rings. The Morgan fingerprint density at radius 2 is 2.00 bits per heavy atom. The molecule has 0 radical (unpaired) electrons. The van der Waals surface area contributed by atoms with Crippen LogP contribution in [0.25, 0.3) is 11.0 Å². The van der Waals surface area contributed by atoms with Gasteiger partial charge in [-0.05, 0) is 24.1 Å². The third-order valence-corrected chi connectivity index (χ3v) is 3.28. The van der Waals surface area contributed by atoms with Crippen LogP contribution >= 0.6 is 11.6 Å². The number of anilines is 1. The Labute approximate surface area is 120 Å². The second-order valence-electron chi connectivity index (χ2n) is 4.48. The molecule has 1 atom stereocenters. The van der Waals surface area contributed by atoms with Crippen LogP contribution in [0.5, 0.6) is 0 Å². The van der Waals surface area contributed by atoms with Crippen LogP contribution in [0.4, 0.5) is 10.2 Å². The average molecular weight is 291 g/mol. The van der Waals surface area contributed by atoms with Crippen LogP contribution in [-0.2, 0) is 0 Å². The second kappa shape index (κ2) is 5.09. The third-order valence-electron chi connectivity index (χ3n) is 3.11. The summed E-state index contributed by atoms with van der Waals surface area (Å²) in [5.74, 6) is -0.0190. The predicted octanol–water partition coefficient (Wildman–Crippen LogP) is 3.92. The molecule has 2 aromatic heterocycles. The maximum Gasteiger partial charge on any atom is 0.226 e. The van der Waals surface area contributed by atoms with Crippen LogP contribution in [0.3, 0.4) is 0 Å². The topological polar surface area (TPSA) is 53.6 Å². The SMILES string of the molecule is CC(Nc1nc(Cl)nc2[nH]cc(F)c12)c1ccccc1. The summed E-state index contributed by atoms with van der Waals surface area (Å²) in [5.41, 5.74) is 1.46. The molecule has 0 fully saturated rings. The summed E-state index contributed by atoms with van der Waals surface area (Å²) in [5, 5.41) is 3.56. The number of rotatable bonds is 3. The van der Waals surface area contributed by atoms with Crippen molar-refractivity contribution in [1.29, 1.82) is 0 Å². The highest BCUT2D eigenvalue weighted by Crippen LogP contribution is 2.27. The average Bonchev–Trinajstić information content (AvgIpc) is 2.81. The fourth-order valence-corrected chi connectivity index (χ4v) is 2.27. The molecule has 3 aromatic rings. The zero-order chi connectivity index (χ0) is 14.1. The van der Waals surface area contributed by atoms with Gasteiger partial charge in [0.2, 0.25) is 5.28 Å². The molecule has 0 bridgehead atoms. The van der Waals surface area contributed by atoms with E-state index in [0.29, 0.717) is 16.9 Å². The van der Waals surface area contributed by atoms with Crippen molar-refractivity contribution in [2.24, 2.45) is 0 Å². The fraction of sp³-hybridized carbons (Fsp3) is 0.143. The number of hydrogen-bond donors (Lipinski definition) is 2. The Balaban J connectivity index is 2.00. The zero-order valence-electron chi connectivity index (χ0n) is 10.7. The number of aromatic nitrogens is 3. The van der Waals surface area contributed by atoms with Gasteiger partial charge in [-0.2, -0.15) is 9.97 Å². The molecule has 0 aliphatic heterocycles. The summed E-state index contributed by atoms with van der Waals surface area (Å²) in [7, 11) is 0. The molecule has 0 saturated carbocycles. The molecule has 0 saturated heterocycles. The Hall–Kier alpha value is -2.14. The minimum absolute atomic E-state index is 0.0281. The minimum Gasteiger partial charge on any atom is -0.363 e. The van der Waals surface area contributed by atoms with Crippen molar-refractivity contribution in [3.8, 4) is 0 Å². The first kappa shape index (κ1) is 12.9. The molecule has 0 amide bonds. The summed E-state index contributed by atoms with van der Waals surface area (Å²) < 4.78 is 13.8. The molecule has 3 rings (SSSR count). The van der Waals surface area contributed by atoms with Crippen LogP contribution in [0.15, 0.2) is 36.5 Å². The van der Waals surface area contributed by atoms with Gasteiger partial charge >= 0.3 is 0 Å². The van der Waals surface area contributed by atoms with Gasteiger partial charge in [0.1, 0.15) is 11.5 Å². The fourth-order valence-electron chi connectivity index (χ4n) is 2.10. The van der Waals surface area contributed by atoms with Crippen molar-refractivity contribution in [3.05, 3.63) is 53.2 Å². The van der Waals surface area contributed by atoms with Crippen molar-refractivity contribution in [3.63, 3.8) is 0 Å². The summed E-state index contributed by atoms with van der Waals surface area (Å²) >= 11 is 5.86. The quantitative estimate of drug-likeness (QED) is 0.719. The Kier molecular flexibility index (Phi) is 3.28. The van der Waals surface area contributed by atoms with Gasteiger partial charge in [-0.3, -0.25) is 0 Å². The lowest BCUT2D eigenvalue weighted by Gasteiger charge is -2.15. The Morgan fingerprint density at radius 1 is 1.25 bits per heavy atom. The van der Waals surface area contributed by atoms with E-state index in [1.807, 2.05) is 37.3 Å². The minimum atomic E-state index is -0.403. The van der Waals surface area contributed by atoms with Crippen molar-refractivity contribution < 1.29 is 4.39 Å². The first-order valence-electron chi connectivity index (χ1n) is 6.17. The third kappa shape index (κ3) is 2.32. The first-order valence-corrected chi connectivity index (χ1v) is 6.54. The molecule has 0 aliphatic carbocycles. The normalized spacial score (nSPS) is 12.6. The molecule has 6 heteroatoms. The lowest BCUT2D eigenvalue weighted by Crippen LogP contribution is -2.09. The van der Waals surface area contributed by atoms with Gasteiger partial charge in [-0.25, -0.2) is 4.39 Å². The summed E-state index contributed by atoms with van der Waals surface area (Å²) in [6.45, 7) is 1.97. The smallest absolute Gasteiger partial charge is 0.226 e. The number of H-pyrrole nitrogens is 1. The van der Waals surface area contributed by atoms with Gasteiger partial charge in [0.05, 0.1) is 5.39 Å². The number of fused-ring (bicyclic) bond motifs is 1. The first-order chi connectivity index (χ1) is 9.65. The number of benzene rings is 1. The van der Waals surface area contributed by atoms with E-state index < -0.39 is 5.82 Å². The molecule has 1 aromatic carbocycles. The van der Waals surface area contributed by atoms with E-state index in [9.17, 15) is 4.39 Å². The monoisotopic (exact) mass is 290 g/mol. The summed E-state index contributed by atoms with van der Waals surface area (Å²) in [6.07, 6.45) is 1.24. The summed E-state index contributed by atoms with van der Waals surface area (Å²) in [4.78, 5) is 10.8. The van der Waals surface area contributed by atoms with E-state index in [4.69, 9.17) is 11.6 Å². The largest absolute Gasteiger partial charge is 0.363 e. The Bertz CT molecular complexity index is 742. The van der Waals surface area contributed by atoms with Crippen LogP contribution in [-0.4, -0.2) is 15.0 Å². The standard InChI is InChI=1S/C14H12ClFN4/c1-8(9-5-3-2-4-6-9)18-13-11-10(16)7-17-12(11)19-14(15)20-13/h2-8H,1H3,(H2,17,18,19,20). The zero-order valence-corrected chi connectivity index (χ0v) is 11.4. The number of nitrogens with one attached hydrogen (secondary N) is 2. The maximum absolute atomic E-state index is 13.8. The second-order valence-corrected chi connectivity index (χ2v) is 4.82. The van der Waals surface area contributed by atoms with Gasteiger partial charge in [0.15, 0.2) is 5.82 Å². The van der Waals surface area contributed by atoms with E-state index in [1.165, 1.54) is 6.20 Å². The molecule has 1 unspecified atom stereocenters. The van der Waals surface area contributed by atoms with Gasteiger partial charge < -0.3 is 10.3 Å².